The van der Waals surface area contributed by atoms with Crippen molar-refractivity contribution in [1.82, 2.24) is 0 Å². The Morgan fingerprint density at radius 2 is 1.08 bits per heavy atom. The highest BCUT2D eigenvalue weighted by atomic mass is 14.5. The van der Waals surface area contributed by atoms with Gasteiger partial charge in [-0.05, 0) is 30.1 Å². The molecule has 12 heavy (non-hydrogen) atoms. The molecule has 68 valence electrons. The van der Waals surface area contributed by atoms with E-state index in [1.165, 1.54) is 23.7 Å². The van der Waals surface area contributed by atoms with E-state index in [-0.39, 0.29) is 0 Å². The van der Waals surface area contributed by atoms with E-state index < -0.39 is 0 Å². The maximum Gasteiger partial charge on any atom is -0.0352 e. The van der Waals surface area contributed by atoms with Crippen molar-refractivity contribution in [3.8, 4) is 0 Å². The summed E-state index contributed by atoms with van der Waals surface area (Å²) in [5, 5.41) is 0. The van der Waals surface area contributed by atoms with E-state index in [9.17, 15) is 0 Å². The van der Waals surface area contributed by atoms with Crippen LogP contribution >= 0.6 is 0 Å². The maximum absolute atomic E-state index is 1.62. The lowest BCUT2D eigenvalue weighted by atomic mass is 9.79. The van der Waals surface area contributed by atoms with E-state index >= 15 is 0 Å². The lowest BCUT2D eigenvalue weighted by Gasteiger charge is -2.26. The van der Waals surface area contributed by atoms with E-state index in [2.05, 4.69) is 0 Å². The summed E-state index contributed by atoms with van der Waals surface area (Å²) in [4.78, 5) is 0. The van der Waals surface area contributed by atoms with Gasteiger partial charge in [-0.3, -0.25) is 0 Å². The molecule has 0 heteroatoms. The molecular formula is C12H20. The summed E-state index contributed by atoms with van der Waals surface area (Å²) < 4.78 is 0. The summed E-state index contributed by atoms with van der Waals surface area (Å²) in [7, 11) is 0. The molecule has 0 aliphatic heterocycles. The fraction of sp³-hybridized carbons (Fsp3) is 1.00. The predicted octanol–water partition coefficient (Wildman–Crippen LogP) is 3.61. The van der Waals surface area contributed by atoms with Gasteiger partial charge in [0.15, 0.2) is 0 Å². The molecule has 0 aromatic heterocycles. The van der Waals surface area contributed by atoms with Crippen molar-refractivity contribution in [2.24, 2.45) is 23.7 Å². The number of hydrogen-bond donors (Lipinski definition) is 0. The van der Waals surface area contributed by atoms with Crippen LogP contribution < -0.4 is 0 Å². The second-order valence-electron chi connectivity index (χ2n) is 5.30. The fourth-order valence-corrected chi connectivity index (χ4v) is 3.57. The van der Waals surface area contributed by atoms with Crippen molar-refractivity contribution in [2.45, 2.75) is 51.4 Å². The largest absolute Gasteiger partial charge is 0.0530 e. The molecule has 2 atom stereocenters. The molecule has 3 saturated carbocycles. The van der Waals surface area contributed by atoms with Crippen LogP contribution in [0.5, 0.6) is 0 Å². The Morgan fingerprint density at radius 1 is 0.583 bits per heavy atom. The molecule has 0 saturated heterocycles. The monoisotopic (exact) mass is 164 g/mol. The third kappa shape index (κ3) is 1.11. The second-order valence-corrected chi connectivity index (χ2v) is 5.30. The summed E-state index contributed by atoms with van der Waals surface area (Å²) in [6.45, 7) is 0. The topological polar surface area (TPSA) is 0 Å². The molecule has 0 aromatic carbocycles. The van der Waals surface area contributed by atoms with Crippen molar-refractivity contribution in [3.05, 3.63) is 0 Å². The molecule has 0 amide bonds. The Balaban J connectivity index is 1.53. The third-order valence-corrected chi connectivity index (χ3v) is 4.65. The van der Waals surface area contributed by atoms with E-state index in [1.54, 1.807) is 51.4 Å². The van der Waals surface area contributed by atoms with Gasteiger partial charge in [-0.15, -0.1) is 0 Å². The molecular weight excluding hydrogens is 144 g/mol. The first-order chi connectivity index (χ1) is 5.95. The molecule has 0 spiro atoms. The van der Waals surface area contributed by atoms with E-state index in [0.29, 0.717) is 0 Å². The molecule has 3 aliphatic rings. The van der Waals surface area contributed by atoms with Crippen LogP contribution in [0, 0.1) is 23.7 Å². The summed E-state index contributed by atoms with van der Waals surface area (Å²) in [5.74, 6) is 4.78. The zero-order valence-electron chi connectivity index (χ0n) is 7.97. The highest BCUT2D eigenvalue weighted by Crippen LogP contribution is 2.57. The van der Waals surface area contributed by atoms with Gasteiger partial charge in [-0.1, -0.05) is 44.9 Å². The minimum absolute atomic E-state index is 1.18. The maximum atomic E-state index is 1.62. The van der Waals surface area contributed by atoms with Crippen LogP contribution in [-0.2, 0) is 0 Å². The standard InChI is InChI=1S/C12H20/c1-2-5-9(4-1)11-8-12(11)10-6-3-7-10/h9-12H,1-8H2. The molecule has 3 fully saturated rings. The van der Waals surface area contributed by atoms with Crippen molar-refractivity contribution < 1.29 is 0 Å². The summed E-state index contributed by atoms with van der Waals surface area (Å²) in [6, 6.07) is 0. The fourth-order valence-electron chi connectivity index (χ4n) is 3.57. The van der Waals surface area contributed by atoms with Crippen molar-refractivity contribution in [2.75, 3.05) is 0 Å². The van der Waals surface area contributed by atoms with Crippen LogP contribution in [0.4, 0.5) is 0 Å². The van der Waals surface area contributed by atoms with Gasteiger partial charge in [0.2, 0.25) is 0 Å². The molecule has 0 bridgehead atoms. The van der Waals surface area contributed by atoms with E-state index in [4.69, 9.17) is 0 Å². The minimum Gasteiger partial charge on any atom is -0.0530 e. The molecule has 2 unspecified atom stereocenters. The smallest absolute Gasteiger partial charge is 0.0352 e. The molecule has 0 N–H and O–H groups in total. The van der Waals surface area contributed by atoms with Crippen LogP contribution in [0.2, 0.25) is 0 Å². The van der Waals surface area contributed by atoms with Crippen LogP contribution in [0.3, 0.4) is 0 Å². The molecule has 0 nitrogen and oxygen atoms in total. The summed E-state index contributed by atoms with van der Waals surface area (Å²) in [6.07, 6.45) is 12.6. The van der Waals surface area contributed by atoms with E-state index in [0.717, 1.165) is 0 Å². The first-order valence-electron chi connectivity index (χ1n) is 5.95. The van der Waals surface area contributed by atoms with Crippen molar-refractivity contribution in [3.63, 3.8) is 0 Å². The van der Waals surface area contributed by atoms with Gasteiger partial charge in [0.05, 0.1) is 0 Å². The van der Waals surface area contributed by atoms with Crippen LogP contribution in [0.15, 0.2) is 0 Å². The molecule has 3 rings (SSSR count). The average Bonchev–Trinajstić information content (AvgIpc) is 2.59. The Morgan fingerprint density at radius 3 is 1.50 bits per heavy atom. The molecule has 0 radical (unpaired) electrons. The Hall–Kier alpha value is 0. The molecule has 0 aromatic rings. The summed E-state index contributed by atoms with van der Waals surface area (Å²) >= 11 is 0. The normalized spacial score (nSPS) is 43.0. The average molecular weight is 164 g/mol. The van der Waals surface area contributed by atoms with Crippen LogP contribution in [-0.4, -0.2) is 0 Å². The molecule has 3 aliphatic carbocycles. The van der Waals surface area contributed by atoms with Gasteiger partial charge >= 0.3 is 0 Å². The second kappa shape index (κ2) is 2.75. The number of hydrogen-bond acceptors (Lipinski definition) is 0. The van der Waals surface area contributed by atoms with Gasteiger partial charge in [0.1, 0.15) is 0 Å². The lowest BCUT2D eigenvalue weighted by molar-refractivity contribution is 0.250. The summed E-state index contributed by atoms with van der Waals surface area (Å²) in [5.41, 5.74) is 0. The number of rotatable bonds is 2. The highest BCUT2D eigenvalue weighted by Gasteiger charge is 2.48. The van der Waals surface area contributed by atoms with Crippen LogP contribution in [0.25, 0.3) is 0 Å². The highest BCUT2D eigenvalue weighted by molar-refractivity contribution is 4.98. The van der Waals surface area contributed by atoms with Gasteiger partial charge < -0.3 is 0 Å². The van der Waals surface area contributed by atoms with Crippen molar-refractivity contribution in [1.29, 1.82) is 0 Å². The zero-order valence-corrected chi connectivity index (χ0v) is 7.97. The van der Waals surface area contributed by atoms with Crippen LogP contribution in [0.1, 0.15) is 51.4 Å². The van der Waals surface area contributed by atoms with Gasteiger partial charge in [-0.2, -0.15) is 0 Å². The lowest BCUT2D eigenvalue weighted by Crippen LogP contribution is -2.15. The van der Waals surface area contributed by atoms with Gasteiger partial charge in [-0.25, -0.2) is 0 Å². The molecule has 0 heterocycles. The minimum atomic E-state index is 1.18. The Kier molecular flexibility index (Phi) is 1.70. The van der Waals surface area contributed by atoms with E-state index in [1.807, 2.05) is 0 Å². The SMILES string of the molecule is C1CCC(C2CC2C2CCC2)C1. The first kappa shape index (κ1) is 7.41. The first-order valence-corrected chi connectivity index (χ1v) is 5.95. The Bertz CT molecular complexity index is 163. The Labute approximate surface area is 75.7 Å². The van der Waals surface area contributed by atoms with Crippen molar-refractivity contribution >= 4 is 0 Å². The zero-order chi connectivity index (χ0) is 7.97. The van der Waals surface area contributed by atoms with Gasteiger partial charge in [0.25, 0.3) is 0 Å². The van der Waals surface area contributed by atoms with Gasteiger partial charge in [0, 0.05) is 0 Å². The quantitative estimate of drug-likeness (QED) is 0.585. The predicted molar refractivity (Wildman–Crippen MR) is 50.9 cm³/mol. The third-order valence-electron chi connectivity index (χ3n) is 4.65.